The maximum Gasteiger partial charge on any atom is 0.287 e. The highest BCUT2D eigenvalue weighted by Crippen LogP contribution is 2.26. The van der Waals surface area contributed by atoms with Crippen molar-refractivity contribution in [2.75, 3.05) is 58.7 Å². The minimum Gasteiger partial charge on any atom is -0.494 e. The third-order valence-corrected chi connectivity index (χ3v) is 7.32. The van der Waals surface area contributed by atoms with Crippen LogP contribution in [0.15, 0.2) is 89.5 Å². The first-order valence-corrected chi connectivity index (χ1v) is 15.0. The van der Waals surface area contributed by atoms with Crippen LogP contribution in [0.2, 0.25) is 0 Å². The zero-order valence-electron chi connectivity index (χ0n) is 25.5. The van der Waals surface area contributed by atoms with Gasteiger partial charge in [0, 0.05) is 50.2 Å². The summed E-state index contributed by atoms with van der Waals surface area (Å²) in [7, 11) is 4.04. The topological polar surface area (TPSA) is 129 Å². The molecular formula is C34H38N6O5. The number of piperazine rings is 1. The molecule has 3 amide bonds. The first-order valence-electron chi connectivity index (χ1n) is 15.0. The molecule has 1 aliphatic heterocycles. The van der Waals surface area contributed by atoms with Gasteiger partial charge in [0.15, 0.2) is 5.76 Å². The zero-order chi connectivity index (χ0) is 31.6. The van der Waals surface area contributed by atoms with E-state index in [4.69, 9.17) is 9.15 Å². The molecule has 4 aromatic rings. The molecule has 2 aromatic heterocycles. The van der Waals surface area contributed by atoms with Gasteiger partial charge in [0.25, 0.3) is 11.8 Å². The van der Waals surface area contributed by atoms with E-state index < -0.39 is 11.9 Å². The maximum atomic E-state index is 13.7. The van der Waals surface area contributed by atoms with Crippen LogP contribution < -0.4 is 20.7 Å². The Morgan fingerprint density at radius 1 is 0.978 bits per heavy atom. The number of ether oxygens (including phenoxy) is 1. The summed E-state index contributed by atoms with van der Waals surface area (Å²) in [6.45, 7) is 3.99. The van der Waals surface area contributed by atoms with Gasteiger partial charge in [-0.25, -0.2) is 0 Å². The van der Waals surface area contributed by atoms with Gasteiger partial charge in [0.1, 0.15) is 23.2 Å². The highest BCUT2D eigenvalue weighted by Gasteiger charge is 2.29. The number of carbonyl (C=O) groups excluding carboxylic acids is 3. The Hall–Kier alpha value is -5.00. The highest BCUT2D eigenvalue weighted by atomic mass is 16.5. The fourth-order valence-electron chi connectivity index (χ4n) is 4.94. The van der Waals surface area contributed by atoms with Crippen molar-refractivity contribution in [3.8, 4) is 17.1 Å². The predicted molar refractivity (Wildman–Crippen MR) is 171 cm³/mol. The molecule has 0 saturated carbocycles. The van der Waals surface area contributed by atoms with Gasteiger partial charge in [0.05, 0.1) is 6.61 Å². The Bertz CT molecular complexity index is 1580. The predicted octanol–water partition coefficient (Wildman–Crippen LogP) is 3.83. The number of nitrogens with one attached hydrogen (secondary N) is 3. The number of rotatable bonds is 12. The minimum atomic E-state index is -0.905. The molecule has 1 fully saturated rings. The lowest BCUT2D eigenvalue weighted by molar-refractivity contribution is -0.134. The SMILES string of the molecule is CN(C)CCCOc1ccc(C(NC(=O)c2ccc(-c3cccc(NC(=O)c4ccccn4)c3)o2)C(=O)N2CCNCC2)cc1. The molecule has 1 aliphatic rings. The van der Waals surface area contributed by atoms with E-state index in [0.29, 0.717) is 66.8 Å². The van der Waals surface area contributed by atoms with E-state index in [9.17, 15) is 14.4 Å². The molecule has 3 heterocycles. The Kier molecular flexibility index (Phi) is 10.6. The van der Waals surface area contributed by atoms with Crippen molar-refractivity contribution in [1.82, 2.24) is 25.4 Å². The summed E-state index contributed by atoms with van der Waals surface area (Å²) in [4.78, 5) is 47.6. The number of carbonyl (C=O) groups is 3. The van der Waals surface area contributed by atoms with E-state index in [1.54, 1.807) is 59.6 Å². The van der Waals surface area contributed by atoms with E-state index in [-0.39, 0.29) is 17.6 Å². The second kappa shape index (κ2) is 15.1. The van der Waals surface area contributed by atoms with Crippen molar-refractivity contribution in [2.45, 2.75) is 12.5 Å². The summed E-state index contributed by atoms with van der Waals surface area (Å²) in [5.41, 5.74) is 2.17. The van der Waals surface area contributed by atoms with Crippen molar-refractivity contribution in [1.29, 1.82) is 0 Å². The summed E-state index contributed by atoms with van der Waals surface area (Å²) in [5.74, 6) is 0.162. The van der Waals surface area contributed by atoms with Crippen LogP contribution in [0.5, 0.6) is 5.75 Å². The number of benzene rings is 2. The number of nitrogens with zero attached hydrogens (tertiary/aromatic N) is 3. The molecule has 0 aliphatic carbocycles. The van der Waals surface area contributed by atoms with Crippen molar-refractivity contribution in [2.24, 2.45) is 0 Å². The molecule has 1 unspecified atom stereocenters. The molecule has 234 valence electrons. The van der Waals surface area contributed by atoms with Crippen LogP contribution in [-0.2, 0) is 4.79 Å². The first kappa shape index (κ1) is 31.4. The van der Waals surface area contributed by atoms with Crippen LogP contribution in [0.3, 0.4) is 0 Å². The first-order chi connectivity index (χ1) is 21.9. The Morgan fingerprint density at radius 2 is 1.78 bits per heavy atom. The highest BCUT2D eigenvalue weighted by molar-refractivity contribution is 6.03. The van der Waals surface area contributed by atoms with E-state index in [1.807, 2.05) is 44.4 Å². The maximum absolute atomic E-state index is 13.7. The second-order valence-electron chi connectivity index (χ2n) is 11.0. The van der Waals surface area contributed by atoms with E-state index in [2.05, 4.69) is 25.8 Å². The number of hydrogen-bond donors (Lipinski definition) is 3. The van der Waals surface area contributed by atoms with Crippen LogP contribution in [-0.4, -0.2) is 85.9 Å². The smallest absolute Gasteiger partial charge is 0.287 e. The van der Waals surface area contributed by atoms with Gasteiger partial charge in [-0.05, 0) is 74.6 Å². The van der Waals surface area contributed by atoms with Crippen LogP contribution in [0.25, 0.3) is 11.3 Å². The van der Waals surface area contributed by atoms with E-state index in [0.717, 1.165) is 13.0 Å². The van der Waals surface area contributed by atoms with Gasteiger partial charge in [0.2, 0.25) is 5.91 Å². The third-order valence-electron chi connectivity index (χ3n) is 7.32. The second-order valence-corrected chi connectivity index (χ2v) is 11.0. The fraction of sp³-hybridized carbons (Fsp3) is 0.294. The molecule has 11 heteroatoms. The summed E-state index contributed by atoms with van der Waals surface area (Å²) in [6, 6.07) is 21.8. The summed E-state index contributed by atoms with van der Waals surface area (Å²) >= 11 is 0. The molecule has 11 nitrogen and oxygen atoms in total. The fourth-order valence-corrected chi connectivity index (χ4v) is 4.94. The number of anilines is 1. The Balaban J connectivity index is 1.29. The van der Waals surface area contributed by atoms with Gasteiger partial charge in [-0.2, -0.15) is 0 Å². The number of furan rings is 1. The minimum absolute atomic E-state index is 0.0619. The van der Waals surface area contributed by atoms with Crippen LogP contribution in [0.1, 0.15) is 39.1 Å². The molecule has 1 atom stereocenters. The number of pyridine rings is 1. The standard InChI is InChI=1S/C34H38N6O5/c1-39(2)19-6-22-44-27-12-10-24(11-13-27)31(34(43)40-20-17-35-18-21-40)38-33(42)30-15-14-29(45-30)25-7-5-8-26(23-25)37-32(41)28-9-3-4-16-36-28/h3-5,7-16,23,31,35H,6,17-22H2,1-2H3,(H,37,41)(H,38,42). The van der Waals surface area contributed by atoms with E-state index >= 15 is 0 Å². The van der Waals surface area contributed by atoms with Crippen LogP contribution in [0, 0.1) is 0 Å². The molecule has 3 N–H and O–H groups in total. The van der Waals surface area contributed by atoms with Crippen molar-refractivity contribution < 1.29 is 23.5 Å². The van der Waals surface area contributed by atoms with Gasteiger partial charge in [-0.1, -0.05) is 30.3 Å². The summed E-state index contributed by atoms with van der Waals surface area (Å²) in [6.07, 6.45) is 2.45. The van der Waals surface area contributed by atoms with Crippen molar-refractivity contribution in [3.05, 3.63) is 102 Å². The lowest BCUT2D eigenvalue weighted by Gasteiger charge is -2.31. The van der Waals surface area contributed by atoms with Gasteiger partial charge in [-0.15, -0.1) is 0 Å². The van der Waals surface area contributed by atoms with E-state index in [1.165, 1.54) is 0 Å². The van der Waals surface area contributed by atoms with Crippen molar-refractivity contribution >= 4 is 23.4 Å². The molecule has 0 bridgehead atoms. The van der Waals surface area contributed by atoms with Gasteiger partial charge >= 0.3 is 0 Å². The average molecular weight is 611 g/mol. The quantitative estimate of drug-likeness (QED) is 0.207. The van der Waals surface area contributed by atoms with Crippen LogP contribution >= 0.6 is 0 Å². The lowest BCUT2D eigenvalue weighted by Crippen LogP contribution is -2.50. The van der Waals surface area contributed by atoms with Crippen LogP contribution in [0.4, 0.5) is 5.69 Å². The number of aromatic nitrogens is 1. The summed E-state index contributed by atoms with van der Waals surface area (Å²) in [5, 5.41) is 8.98. The largest absolute Gasteiger partial charge is 0.494 e. The number of amides is 3. The third kappa shape index (κ3) is 8.55. The van der Waals surface area contributed by atoms with Gasteiger partial charge < -0.3 is 34.9 Å². The Morgan fingerprint density at radius 3 is 2.51 bits per heavy atom. The zero-order valence-corrected chi connectivity index (χ0v) is 25.5. The normalized spacial score (nSPS) is 13.7. The lowest BCUT2D eigenvalue weighted by atomic mass is 10.0. The molecular weight excluding hydrogens is 572 g/mol. The molecule has 5 rings (SSSR count). The molecule has 1 saturated heterocycles. The Labute approximate surface area is 262 Å². The number of hydrogen-bond acceptors (Lipinski definition) is 8. The molecule has 2 aromatic carbocycles. The van der Waals surface area contributed by atoms with Gasteiger partial charge in [-0.3, -0.25) is 19.4 Å². The molecule has 0 spiro atoms. The average Bonchev–Trinajstić information content (AvgIpc) is 3.57. The molecule has 45 heavy (non-hydrogen) atoms. The monoisotopic (exact) mass is 610 g/mol. The summed E-state index contributed by atoms with van der Waals surface area (Å²) < 4.78 is 11.8. The van der Waals surface area contributed by atoms with Crippen molar-refractivity contribution in [3.63, 3.8) is 0 Å². The molecule has 0 radical (unpaired) electrons.